The molecule has 0 aliphatic heterocycles. The minimum atomic E-state index is -3.74. The lowest BCUT2D eigenvalue weighted by Crippen LogP contribution is -2.15. The molecule has 7 heteroatoms. The highest BCUT2D eigenvalue weighted by Gasteiger charge is 2.18. The van der Waals surface area contributed by atoms with E-state index in [0.29, 0.717) is 11.4 Å². The van der Waals surface area contributed by atoms with Gasteiger partial charge in [-0.3, -0.25) is 4.72 Å². The average Bonchev–Trinajstić information content (AvgIpc) is 2.63. The molecule has 1 aromatic heterocycles. The second kappa shape index (κ2) is 7.59. The summed E-state index contributed by atoms with van der Waals surface area (Å²) in [6.45, 7) is 6.20. The van der Waals surface area contributed by atoms with Gasteiger partial charge in [-0.25, -0.2) is 17.8 Å². The quantitative estimate of drug-likeness (QED) is 0.629. The Balaban J connectivity index is 1.72. The second-order valence-corrected chi connectivity index (χ2v) is 9.13. The summed E-state index contributed by atoms with van der Waals surface area (Å²) < 4.78 is 40.8. The largest absolute Gasteiger partial charge is 0.354 e. The molecule has 0 aliphatic carbocycles. The Labute approximate surface area is 164 Å². The van der Waals surface area contributed by atoms with Gasteiger partial charge in [-0.15, -0.1) is 0 Å². The van der Waals surface area contributed by atoms with Crippen LogP contribution in [0.15, 0.2) is 71.8 Å². The number of aromatic nitrogens is 1. The van der Waals surface area contributed by atoms with Crippen LogP contribution in [-0.2, 0) is 15.4 Å². The van der Waals surface area contributed by atoms with Gasteiger partial charge in [0.2, 0.25) is 0 Å². The second-order valence-electron chi connectivity index (χ2n) is 7.45. The summed E-state index contributed by atoms with van der Waals surface area (Å²) in [5.74, 6) is -0.149. The molecule has 1 heterocycles. The van der Waals surface area contributed by atoms with E-state index >= 15 is 0 Å². The Hall–Kier alpha value is -2.93. The summed E-state index contributed by atoms with van der Waals surface area (Å²) in [6, 6.07) is 16.0. The van der Waals surface area contributed by atoms with Gasteiger partial charge in [0, 0.05) is 5.69 Å². The molecule has 3 rings (SSSR count). The highest BCUT2D eigenvalue weighted by Crippen LogP contribution is 2.24. The van der Waals surface area contributed by atoms with Gasteiger partial charge in [0.25, 0.3) is 10.0 Å². The molecule has 0 spiro atoms. The molecule has 2 N–H and O–H groups in total. The molecular weight excluding hydrogens is 377 g/mol. The van der Waals surface area contributed by atoms with E-state index in [9.17, 15) is 12.8 Å². The molecule has 0 aliphatic rings. The van der Waals surface area contributed by atoms with Gasteiger partial charge < -0.3 is 5.32 Å². The van der Waals surface area contributed by atoms with Crippen LogP contribution < -0.4 is 10.0 Å². The Morgan fingerprint density at radius 2 is 1.64 bits per heavy atom. The fourth-order valence-corrected chi connectivity index (χ4v) is 3.60. The molecule has 0 unspecified atom stereocenters. The Morgan fingerprint density at radius 1 is 0.929 bits per heavy atom. The zero-order valence-corrected chi connectivity index (χ0v) is 16.7. The van der Waals surface area contributed by atoms with Gasteiger partial charge in [0.15, 0.2) is 0 Å². The maximum absolute atomic E-state index is 13.2. The first kappa shape index (κ1) is 19.8. The summed E-state index contributed by atoms with van der Waals surface area (Å²) in [7, 11) is -3.74. The molecule has 5 nitrogen and oxygen atoms in total. The van der Waals surface area contributed by atoms with Crippen molar-refractivity contribution >= 4 is 27.2 Å². The Kier molecular flexibility index (Phi) is 5.38. The minimum Gasteiger partial charge on any atom is -0.354 e. The standard InChI is InChI=1S/C21H22FN3O2S/c1-21(2,3)15-7-10-19(11-8-15)28(26,27)25-20-12-9-18(14-23-20)24-17-6-4-5-16(22)13-17/h4-14,24H,1-3H3,(H,23,25). The minimum absolute atomic E-state index is 0.0538. The summed E-state index contributed by atoms with van der Waals surface area (Å²) in [5.41, 5.74) is 2.19. The van der Waals surface area contributed by atoms with E-state index in [2.05, 4.69) is 35.8 Å². The molecule has 0 fully saturated rings. The highest BCUT2D eigenvalue weighted by atomic mass is 32.2. The lowest BCUT2D eigenvalue weighted by molar-refractivity contribution is 0.587. The lowest BCUT2D eigenvalue weighted by Gasteiger charge is -2.19. The van der Waals surface area contributed by atoms with E-state index in [1.807, 2.05) is 12.1 Å². The molecule has 0 radical (unpaired) electrons. The van der Waals surface area contributed by atoms with Crippen LogP contribution in [0.1, 0.15) is 26.3 Å². The van der Waals surface area contributed by atoms with Crippen molar-refractivity contribution in [2.75, 3.05) is 10.0 Å². The first-order chi connectivity index (χ1) is 13.1. The monoisotopic (exact) mass is 399 g/mol. The number of nitrogens with zero attached hydrogens (tertiary/aromatic N) is 1. The summed E-state index contributed by atoms with van der Waals surface area (Å²) in [6.07, 6.45) is 1.48. The number of halogens is 1. The van der Waals surface area contributed by atoms with Crippen LogP contribution in [0.4, 0.5) is 21.6 Å². The molecule has 0 bridgehead atoms. The zero-order chi connectivity index (χ0) is 20.4. The fourth-order valence-electron chi connectivity index (χ4n) is 2.59. The average molecular weight is 399 g/mol. The number of nitrogens with one attached hydrogen (secondary N) is 2. The summed E-state index contributed by atoms with van der Waals surface area (Å²) in [5, 5.41) is 3.01. The zero-order valence-electron chi connectivity index (χ0n) is 15.9. The van der Waals surface area contributed by atoms with Crippen molar-refractivity contribution in [1.82, 2.24) is 4.98 Å². The van der Waals surface area contributed by atoms with Crippen LogP contribution in [0.2, 0.25) is 0 Å². The number of rotatable bonds is 5. The normalized spacial score (nSPS) is 11.9. The number of anilines is 3. The molecule has 0 saturated heterocycles. The van der Waals surface area contributed by atoms with Gasteiger partial charge in [-0.05, 0) is 53.4 Å². The molecular formula is C21H22FN3O2S. The summed E-state index contributed by atoms with van der Waals surface area (Å²) >= 11 is 0. The maximum atomic E-state index is 13.2. The van der Waals surface area contributed by atoms with Gasteiger partial charge in [0.05, 0.1) is 16.8 Å². The van der Waals surface area contributed by atoms with Crippen LogP contribution in [-0.4, -0.2) is 13.4 Å². The summed E-state index contributed by atoms with van der Waals surface area (Å²) in [4.78, 5) is 4.29. The van der Waals surface area contributed by atoms with Gasteiger partial charge in [-0.1, -0.05) is 39.0 Å². The van der Waals surface area contributed by atoms with Crippen LogP contribution in [0.5, 0.6) is 0 Å². The number of hydrogen-bond donors (Lipinski definition) is 2. The van der Waals surface area contributed by atoms with E-state index in [4.69, 9.17) is 0 Å². The number of sulfonamides is 1. The van der Waals surface area contributed by atoms with E-state index in [1.54, 1.807) is 36.4 Å². The predicted octanol–water partition coefficient (Wildman–Crippen LogP) is 5.06. The Morgan fingerprint density at radius 3 is 2.21 bits per heavy atom. The number of benzene rings is 2. The molecule has 3 aromatic rings. The van der Waals surface area contributed by atoms with E-state index in [1.165, 1.54) is 18.3 Å². The van der Waals surface area contributed by atoms with E-state index in [-0.39, 0.29) is 21.9 Å². The van der Waals surface area contributed by atoms with Crippen molar-refractivity contribution in [2.24, 2.45) is 0 Å². The van der Waals surface area contributed by atoms with Crippen molar-refractivity contribution in [1.29, 1.82) is 0 Å². The third-order valence-electron chi connectivity index (χ3n) is 4.15. The molecule has 0 saturated carbocycles. The van der Waals surface area contributed by atoms with Crippen LogP contribution in [0, 0.1) is 5.82 Å². The number of pyridine rings is 1. The van der Waals surface area contributed by atoms with E-state index < -0.39 is 10.0 Å². The SMILES string of the molecule is CC(C)(C)c1ccc(S(=O)(=O)Nc2ccc(Nc3cccc(F)c3)cn2)cc1. The van der Waals surface area contributed by atoms with Crippen LogP contribution in [0.25, 0.3) is 0 Å². The first-order valence-electron chi connectivity index (χ1n) is 8.75. The smallest absolute Gasteiger partial charge is 0.263 e. The van der Waals surface area contributed by atoms with Gasteiger partial charge in [-0.2, -0.15) is 0 Å². The van der Waals surface area contributed by atoms with Crippen LogP contribution >= 0.6 is 0 Å². The molecule has 2 aromatic carbocycles. The highest BCUT2D eigenvalue weighted by molar-refractivity contribution is 7.92. The van der Waals surface area contributed by atoms with E-state index in [0.717, 1.165) is 5.56 Å². The van der Waals surface area contributed by atoms with Crippen molar-refractivity contribution < 1.29 is 12.8 Å². The Bertz CT molecular complexity index is 1060. The maximum Gasteiger partial charge on any atom is 0.263 e. The lowest BCUT2D eigenvalue weighted by atomic mass is 9.87. The molecule has 0 atom stereocenters. The van der Waals surface area contributed by atoms with Gasteiger partial charge >= 0.3 is 0 Å². The first-order valence-corrected chi connectivity index (χ1v) is 10.2. The van der Waals surface area contributed by atoms with Gasteiger partial charge in [0.1, 0.15) is 11.6 Å². The molecule has 0 amide bonds. The van der Waals surface area contributed by atoms with Crippen molar-refractivity contribution in [3.8, 4) is 0 Å². The molecule has 146 valence electrons. The predicted molar refractivity (Wildman–Crippen MR) is 110 cm³/mol. The fraction of sp³-hybridized carbons (Fsp3) is 0.190. The van der Waals surface area contributed by atoms with Crippen molar-refractivity contribution in [3.63, 3.8) is 0 Å². The third kappa shape index (κ3) is 4.86. The van der Waals surface area contributed by atoms with Crippen molar-refractivity contribution in [3.05, 3.63) is 78.2 Å². The number of hydrogen-bond acceptors (Lipinski definition) is 4. The van der Waals surface area contributed by atoms with Crippen molar-refractivity contribution in [2.45, 2.75) is 31.1 Å². The topological polar surface area (TPSA) is 71.1 Å². The van der Waals surface area contributed by atoms with Crippen LogP contribution in [0.3, 0.4) is 0 Å². The molecule has 28 heavy (non-hydrogen) atoms. The third-order valence-corrected chi connectivity index (χ3v) is 5.52.